The van der Waals surface area contributed by atoms with Gasteiger partial charge in [0.25, 0.3) is 5.91 Å². The van der Waals surface area contributed by atoms with E-state index in [0.29, 0.717) is 43.9 Å². The topological polar surface area (TPSA) is 90.1 Å². The van der Waals surface area contributed by atoms with Crippen LogP contribution in [0, 0.1) is 6.92 Å². The molecule has 2 aromatic carbocycles. The average molecular weight is 461 g/mol. The first kappa shape index (κ1) is 20.3. The Bertz CT molecular complexity index is 1210. The molecule has 0 atom stereocenters. The molecule has 30 heavy (non-hydrogen) atoms. The lowest BCUT2D eigenvalue weighted by atomic mass is 10.2. The summed E-state index contributed by atoms with van der Waals surface area (Å²) in [6.07, 6.45) is 0. The standard InChI is InChI=1S/C20H14Cl2N4O3S/c1-11-23-18(26-29-11)9-28-17-5-3-2-4-14(17)19(27)25-20-24-16(10-30-20)13-7-6-12(21)8-15(13)22/h2-8,10H,9H2,1H3,(H,24,25,27). The van der Waals surface area contributed by atoms with Crippen molar-refractivity contribution >= 4 is 45.6 Å². The summed E-state index contributed by atoms with van der Waals surface area (Å²) in [5.74, 6) is 0.889. The van der Waals surface area contributed by atoms with Crippen LogP contribution in [0.2, 0.25) is 10.0 Å². The fourth-order valence-electron chi connectivity index (χ4n) is 2.64. The third-order valence-corrected chi connectivity index (χ3v) is 5.30. The number of benzene rings is 2. The molecular formula is C20H14Cl2N4O3S. The molecule has 0 bridgehead atoms. The first-order valence-electron chi connectivity index (χ1n) is 8.73. The van der Waals surface area contributed by atoms with Crippen molar-refractivity contribution in [2.75, 3.05) is 5.32 Å². The molecule has 10 heteroatoms. The van der Waals surface area contributed by atoms with Crippen LogP contribution in [0.5, 0.6) is 5.75 Å². The average Bonchev–Trinajstić information content (AvgIpc) is 3.35. The van der Waals surface area contributed by atoms with Crippen LogP contribution in [0.25, 0.3) is 11.3 Å². The lowest BCUT2D eigenvalue weighted by molar-refractivity contribution is 0.102. The van der Waals surface area contributed by atoms with Gasteiger partial charge in [-0.1, -0.05) is 40.5 Å². The Hall–Kier alpha value is -2.94. The molecule has 4 rings (SSSR count). The number of hydrogen-bond donors (Lipinski definition) is 1. The van der Waals surface area contributed by atoms with Gasteiger partial charge in [0.1, 0.15) is 5.75 Å². The smallest absolute Gasteiger partial charge is 0.261 e. The number of rotatable bonds is 6. The van der Waals surface area contributed by atoms with Crippen molar-refractivity contribution in [2.45, 2.75) is 13.5 Å². The van der Waals surface area contributed by atoms with Gasteiger partial charge in [-0.2, -0.15) is 4.98 Å². The second-order valence-corrected chi connectivity index (χ2v) is 7.83. The van der Waals surface area contributed by atoms with E-state index in [-0.39, 0.29) is 12.5 Å². The fourth-order valence-corrected chi connectivity index (χ4v) is 3.85. The number of carbonyl (C=O) groups excluding carboxylic acids is 1. The third-order valence-electron chi connectivity index (χ3n) is 3.99. The second kappa shape index (κ2) is 8.83. The number of nitrogens with one attached hydrogen (secondary N) is 1. The van der Waals surface area contributed by atoms with E-state index in [2.05, 4.69) is 20.4 Å². The van der Waals surface area contributed by atoms with Gasteiger partial charge in [0, 0.05) is 22.9 Å². The minimum Gasteiger partial charge on any atom is -0.485 e. The van der Waals surface area contributed by atoms with Crippen LogP contribution in [-0.4, -0.2) is 21.0 Å². The van der Waals surface area contributed by atoms with Crippen LogP contribution in [0.1, 0.15) is 22.1 Å². The molecule has 2 heterocycles. The minimum absolute atomic E-state index is 0.0814. The summed E-state index contributed by atoms with van der Waals surface area (Å²) in [5, 5.41) is 9.84. The molecular weight excluding hydrogens is 447 g/mol. The summed E-state index contributed by atoms with van der Waals surface area (Å²) in [7, 11) is 0. The normalized spacial score (nSPS) is 10.8. The van der Waals surface area contributed by atoms with Crippen LogP contribution < -0.4 is 10.1 Å². The van der Waals surface area contributed by atoms with Crippen LogP contribution in [0.15, 0.2) is 52.4 Å². The van der Waals surface area contributed by atoms with Crippen LogP contribution >= 0.6 is 34.5 Å². The molecule has 2 aromatic heterocycles. The number of ether oxygens (including phenoxy) is 1. The maximum atomic E-state index is 12.8. The van der Waals surface area contributed by atoms with Crippen LogP contribution in [0.3, 0.4) is 0 Å². The van der Waals surface area contributed by atoms with E-state index in [1.807, 2.05) is 5.38 Å². The molecule has 0 saturated carbocycles. The first-order valence-corrected chi connectivity index (χ1v) is 10.4. The number of aryl methyl sites for hydroxylation is 1. The van der Waals surface area contributed by atoms with Gasteiger partial charge in [0.2, 0.25) is 11.7 Å². The highest BCUT2D eigenvalue weighted by atomic mass is 35.5. The van der Waals surface area contributed by atoms with Crippen LogP contribution in [-0.2, 0) is 6.61 Å². The Morgan fingerprint density at radius 3 is 2.80 bits per heavy atom. The van der Waals surface area contributed by atoms with Crippen molar-refractivity contribution in [3.8, 4) is 17.0 Å². The number of thiazole rings is 1. The molecule has 1 amide bonds. The predicted molar refractivity (Wildman–Crippen MR) is 115 cm³/mol. The quantitative estimate of drug-likeness (QED) is 0.400. The van der Waals surface area contributed by atoms with Gasteiger partial charge < -0.3 is 9.26 Å². The van der Waals surface area contributed by atoms with E-state index in [1.165, 1.54) is 11.3 Å². The maximum Gasteiger partial charge on any atom is 0.261 e. The number of amides is 1. The van der Waals surface area contributed by atoms with Gasteiger partial charge in [0.15, 0.2) is 11.7 Å². The SMILES string of the molecule is Cc1nc(COc2ccccc2C(=O)Nc2nc(-c3ccc(Cl)cc3Cl)cs2)no1. The number of anilines is 1. The molecule has 0 aliphatic heterocycles. The highest BCUT2D eigenvalue weighted by molar-refractivity contribution is 7.14. The highest BCUT2D eigenvalue weighted by Crippen LogP contribution is 2.32. The third kappa shape index (κ3) is 4.62. The van der Waals surface area contributed by atoms with Gasteiger partial charge in [-0.3, -0.25) is 10.1 Å². The van der Waals surface area contributed by atoms with Crippen molar-refractivity contribution < 1.29 is 14.1 Å². The van der Waals surface area contributed by atoms with E-state index < -0.39 is 0 Å². The number of aromatic nitrogens is 3. The molecule has 0 radical (unpaired) electrons. The first-order chi connectivity index (χ1) is 14.5. The Labute approximate surface area is 185 Å². The molecule has 1 N–H and O–H groups in total. The zero-order valence-corrected chi connectivity index (χ0v) is 17.9. The summed E-state index contributed by atoms with van der Waals surface area (Å²) < 4.78 is 10.6. The Morgan fingerprint density at radius 1 is 1.20 bits per heavy atom. The second-order valence-electron chi connectivity index (χ2n) is 6.13. The fraction of sp³-hybridized carbons (Fsp3) is 0.100. The number of carbonyl (C=O) groups is 1. The molecule has 0 spiro atoms. The van der Waals surface area contributed by atoms with E-state index in [4.69, 9.17) is 32.5 Å². The number of hydrogen-bond acceptors (Lipinski definition) is 7. The molecule has 152 valence electrons. The van der Waals surface area contributed by atoms with E-state index in [9.17, 15) is 4.79 Å². The largest absolute Gasteiger partial charge is 0.485 e. The number of halogens is 2. The molecule has 0 aliphatic rings. The van der Waals surface area contributed by atoms with Crippen molar-refractivity contribution in [3.63, 3.8) is 0 Å². The van der Waals surface area contributed by atoms with E-state index >= 15 is 0 Å². The summed E-state index contributed by atoms with van der Waals surface area (Å²) in [6, 6.07) is 12.1. The molecule has 0 fully saturated rings. The lowest BCUT2D eigenvalue weighted by Crippen LogP contribution is -2.13. The molecule has 0 unspecified atom stereocenters. The van der Waals surface area contributed by atoms with Gasteiger partial charge in [-0.05, 0) is 30.3 Å². The van der Waals surface area contributed by atoms with E-state index in [0.717, 1.165) is 5.56 Å². The Balaban J connectivity index is 1.49. The molecule has 7 nitrogen and oxygen atoms in total. The van der Waals surface area contributed by atoms with Crippen molar-refractivity contribution in [2.24, 2.45) is 0 Å². The molecule has 0 aliphatic carbocycles. The van der Waals surface area contributed by atoms with Crippen molar-refractivity contribution in [1.82, 2.24) is 15.1 Å². The minimum atomic E-state index is -0.349. The summed E-state index contributed by atoms with van der Waals surface area (Å²) in [4.78, 5) is 21.3. The predicted octanol–water partition coefficient (Wildman–Crippen LogP) is 5.64. The summed E-state index contributed by atoms with van der Waals surface area (Å²) in [5.41, 5.74) is 1.74. The monoisotopic (exact) mass is 460 g/mol. The summed E-state index contributed by atoms with van der Waals surface area (Å²) in [6.45, 7) is 1.77. The van der Waals surface area contributed by atoms with E-state index in [1.54, 1.807) is 49.4 Å². The van der Waals surface area contributed by atoms with Gasteiger partial charge >= 0.3 is 0 Å². The number of para-hydroxylation sites is 1. The summed E-state index contributed by atoms with van der Waals surface area (Å²) >= 11 is 13.5. The highest BCUT2D eigenvalue weighted by Gasteiger charge is 2.16. The Morgan fingerprint density at radius 2 is 2.03 bits per heavy atom. The molecule has 4 aromatic rings. The zero-order valence-electron chi connectivity index (χ0n) is 15.6. The lowest BCUT2D eigenvalue weighted by Gasteiger charge is -2.09. The van der Waals surface area contributed by atoms with Crippen molar-refractivity contribution in [1.29, 1.82) is 0 Å². The maximum absolute atomic E-state index is 12.8. The Kier molecular flexibility index (Phi) is 5.98. The zero-order chi connectivity index (χ0) is 21.1. The molecule has 0 saturated heterocycles. The van der Waals surface area contributed by atoms with Gasteiger partial charge in [-0.15, -0.1) is 11.3 Å². The van der Waals surface area contributed by atoms with Gasteiger partial charge in [-0.25, -0.2) is 4.98 Å². The van der Waals surface area contributed by atoms with Crippen LogP contribution in [0.4, 0.5) is 5.13 Å². The van der Waals surface area contributed by atoms with Gasteiger partial charge in [0.05, 0.1) is 16.3 Å². The van der Waals surface area contributed by atoms with Crippen molar-refractivity contribution in [3.05, 3.63) is 75.2 Å². The number of nitrogens with zero attached hydrogens (tertiary/aromatic N) is 3.